The molecule has 214 valence electrons. The maximum absolute atomic E-state index is 14.3. The first kappa shape index (κ1) is 27.6. The average molecular weight is 553 g/mol. The number of likely N-dealkylation sites (tertiary alicyclic amines) is 1. The number of piperidine rings is 1. The fourth-order valence-electron chi connectivity index (χ4n) is 7.00. The molecule has 1 aliphatic carbocycles. The van der Waals surface area contributed by atoms with E-state index >= 15 is 0 Å². The molecule has 1 spiro atoms. The molecule has 0 radical (unpaired) electrons. The monoisotopic (exact) mass is 552 g/mol. The summed E-state index contributed by atoms with van der Waals surface area (Å²) in [5, 5.41) is 3.13. The summed E-state index contributed by atoms with van der Waals surface area (Å²) in [4.78, 5) is 22.9. The van der Waals surface area contributed by atoms with Crippen LogP contribution in [0.25, 0.3) is 11.1 Å². The van der Waals surface area contributed by atoms with Gasteiger partial charge in [-0.1, -0.05) is 81.6 Å². The standard InChI is InChI=1S/C35H41FN4O/c1-25(2)31-16-6-7-17-32(31)27-11-8-10-26(22-27)24-39-20-18-35(19-21-39)33(37-29-13-4-3-5-14-29)38-34(41)40(35)30-15-9-12-28(36)23-30/h6-12,15-17,22-23,25,29H,3-5,13-14,18-21,24H2,1-2H3,(H,37,38,41). The van der Waals surface area contributed by atoms with Gasteiger partial charge in [0.2, 0.25) is 0 Å². The summed E-state index contributed by atoms with van der Waals surface area (Å²) in [6, 6.07) is 24.0. The first-order valence-electron chi connectivity index (χ1n) is 15.3. The molecule has 1 saturated carbocycles. The number of amidine groups is 1. The van der Waals surface area contributed by atoms with Crippen LogP contribution in [0, 0.1) is 5.82 Å². The van der Waals surface area contributed by atoms with Crippen LogP contribution >= 0.6 is 0 Å². The molecule has 41 heavy (non-hydrogen) atoms. The van der Waals surface area contributed by atoms with Gasteiger partial charge in [-0.15, -0.1) is 0 Å². The second-order valence-electron chi connectivity index (χ2n) is 12.3. The first-order chi connectivity index (χ1) is 19.9. The molecular formula is C35H41FN4O. The van der Waals surface area contributed by atoms with Gasteiger partial charge in [-0.3, -0.25) is 20.1 Å². The summed E-state index contributed by atoms with van der Waals surface area (Å²) in [6.45, 7) is 7.00. The number of hydrogen-bond donors (Lipinski definition) is 1. The molecule has 3 aromatic carbocycles. The van der Waals surface area contributed by atoms with E-state index < -0.39 is 5.54 Å². The van der Waals surface area contributed by atoms with Gasteiger partial charge < -0.3 is 0 Å². The topological polar surface area (TPSA) is 47.9 Å². The van der Waals surface area contributed by atoms with Gasteiger partial charge in [0, 0.05) is 25.3 Å². The lowest BCUT2D eigenvalue weighted by atomic mass is 9.84. The molecule has 0 atom stereocenters. The molecule has 3 aromatic rings. The fraction of sp³-hybridized carbons (Fsp3) is 0.429. The van der Waals surface area contributed by atoms with Gasteiger partial charge in [-0.25, -0.2) is 9.18 Å². The summed E-state index contributed by atoms with van der Waals surface area (Å²) in [5.41, 5.74) is 5.23. The van der Waals surface area contributed by atoms with E-state index in [1.54, 1.807) is 11.0 Å². The van der Waals surface area contributed by atoms with Gasteiger partial charge >= 0.3 is 6.03 Å². The molecule has 0 unspecified atom stereocenters. The minimum Gasteiger partial charge on any atom is -0.299 e. The lowest BCUT2D eigenvalue weighted by molar-refractivity contribution is 0.184. The van der Waals surface area contributed by atoms with Crippen molar-refractivity contribution in [3.8, 4) is 11.1 Å². The summed E-state index contributed by atoms with van der Waals surface area (Å²) in [5.74, 6) is 0.909. The molecule has 2 heterocycles. The van der Waals surface area contributed by atoms with Gasteiger partial charge in [0.15, 0.2) is 0 Å². The molecule has 1 N–H and O–H groups in total. The van der Waals surface area contributed by atoms with Gasteiger partial charge in [0.25, 0.3) is 0 Å². The van der Waals surface area contributed by atoms with E-state index in [2.05, 4.69) is 72.6 Å². The molecule has 0 bridgehead atoms. The van der Waals surface area contributed by atoms with Crippen LogP contribution in [0.15, 0.2) is 77.8 Å². The van der Waals surface area contributed by atoms with Crippen LogP contribution in [-0.2, 0) is 6.54 Å². The van der Waals surface area contributed by atoms with Crippen molar-refractivity contribution in [1.82, 2.24) is 10.2 Å². The van der Waals surface area contributed by atoms with Crippen molar-refractivity contribution in [1.29, 1.82) is 0 Å². The summed E-state index contributed by atoms with van der Waals surface area (Å²) < 4.78 is 14.3. The predicted octanol–water partition coefficient (Wildman–Crippen LogP) is 7.91. The average Bonchev–Trinajstić information content (AvgIpc) is 3.24. The third-order valence-electron chi connectivity index (χ3n) is 9.16. The quantitative estimate of drug-likeness (QED) is 0.338. The predicted molar refractivity (Wildman–Crippen MR) is 165 cm³/mol. The van der Waals surface area contributed by atoms with Crippen LogP contribution in [0.2, 0.25) is 0 Å². The van der Waals surface area contributed by atoms with Crippen LogP contribution in [0.1, 0.15) is 75.8 Å². The van der Waals surface area contributed by atoms with Crippen molar-refractivity contribution in [3.05, 3.63) is 89.7 Å². The maximum atomic E-state index is 14.3. The van der Waals surface area contributed by atoms with E-state index in [-0.39, 0.29) is 17.9 Å². The number of aliphatic imine (C=N–C) groups is 1. The molecule has 0 aromatic heterocycles. The van der Waals surface area contributed by atoms with E-state index in [4.69, 9.17) is 4.99 Å². The maximum Gasteiger partial charge on any atom is 0.328 e. The number of nitrogens with one attached hydrogen (secondary N) is 1. The zero-order valence-corrected chi connectivity index (χ0v) is 24.3. The van der Waals surface area contributed by atoms with E-state index in [0.29, 0.717) is 11.6 Å². The largest absolute Gasteiger partial charge is 0.328 e. The highest BCUT2D eigenvalue weighted by molar-refractivity contribution is 6.19. The van der Waals surface area contributed by atoms with Gasteiger partial charge in [-0.2, -0.15) is 0 Å². The van der Waals surface area contributed by atoms with E-state index in [9.17, 15) is 9.18 Å². The van der Waals surface area contributed by atoms with Crippen LogP contribution < -0.4 is 10.2 Å². The van der Waals surface area contributed by atoms with Crippen molar-refractivity contribution in [2.45, 2.75) is 82.8 Å². The summed E-state index contributed by atoms with van der Waals surface area (Å²) in [7, 11) is 0. The van der Waals surface area contributed by atoms with Crippen LogP contribution in [-0.4, -0.2) is 41.4 Å². The second kappa shape index (κ2) is 11.8. The lowest BCUT2D eigenvalue weighted by Crippen LogP contribution is -2.57. The van der Waals surface area contributed by atoms with Crippen molar-refractivity contribution in [2.75, 3.05) is 18.0 Å². The number of amides is 2. The Balaban J connectivity index is 1.24. The number of carbonyl (C=O) groups excluding carboxylic acids is 1. The third-order valence-corrected chi connectivity index (χ3v) is 9.16. The zero-order chi connectivity index (χ0) is 28.4. The minimum atomic E-state index is -0.573. The molecule has 2 saturated heterocycles. The number of halogens is 1. The highest BCUT2D eigenvalue weighted by Gasteiger charge is 2.53. The number of anilines is 1. The summed E-state index contributed by atoms with van der Waals surface area (Å²) >= 11 is 0. The molecule has 6 rings (SSSR count). The van der Waals surface area contributed by atoms with Crippen LogP contribution in [0.4, 0.5) is 14.9 Å². The highest BCUT2D eigenvalue weighted by atomic mass is 19.1. The van der Waals surface area contributed by atoms with Crippen molar-refractivity contribution >= 4 is 17.6 Å². The Bertz CT molecular complexity index is 1420. The van der Waals surface area contributed by atoms with Crippen molar-refractivity contribution in [3.63, 3.8) is 0 Å². The van der Waals surface area contributed by atoms with Gasteiger partial charge in [-0.05, 0) is 78.1 Å². The normalized spacial score (nSPS) is 20.7. The molecule has 3 fully saturated rings. The molecule has 2 amide bonds. The first-order valence-corrected chi connectivity index (χ1v) is 15.3. The molecule has 2 aliphatic heterocycles. The van der Waals surface area contributed by atoms with Crippen LogP contribution in [0.3, 0.4) is 0 Å². The number of nitrogens with zero attached hydrogens (tertiary/aromatic N) is 3. The Hall–Kier alpha value is -3.51. The SMILES string of the molecule is CC(C)c1ccccc1-c1cccc(CN2CCC3(CC2)C(=NC2CCCCC2)NC(=O)N3c2cccc(F)c2)c1. The van der Waals surface area contributed by atoms with E-state index in [0.717, 1.165) is 51.2 Å². The Morgan fingerprint density at radius 1 is 0.951 bits per heavy atom. The Kier molecular flexibility index (Phi) is 7.94. The van der Waals surface area contributed by atoms with Crippen molar-refractivity contribution < 1.29 is 9.18 Å². The Morgan fingerprint density at radius 3 is 2.46 bits per heavy atom. The zero-order valence-electron chi connectivity index (χ0n) is 24.3. The van der Waals surface area contributed by atoms with E-state index in [1.165, 1.54) is 53.6 Å². The molecular weight excluding hydrogens is 511 g/mol. The van der Waals surface area contributed by atoms with Crippen molar-refractivity contribution in [2.24, 2.45) is 4.99 Å². The highest BCUT2D eigenvalue weighted by Crippen LogP contribution is 2.39. The molecule has 3 aliphatic rings. The third kappa shape index (κ3) is 5.67. The van der Waals surface area contributed by atoms with E-state index in [1.807, 2.05) is 6.07 Å². The Morgan fingerprint density at radius 2 is 1.71 bits per heavy atom. The Labute approximate surface area is 243 Å². The second-order valence-corrected chi connectivity index (χ2v) is 12.3. The number of hydrogen-bond acceptors (Lipinski definition) is 3. The van der Waals surface area contributed by atoms with Gasteiger partial charge in [0.1, 0.15) is 17.2 Å². The van der Waals surface area contributed by atoms with Crippen LogP contribution in [0.5, 0.6) is 0 Å². The lowest BCUT2D eigenvalue weighted by Gasteiger charge is -2.44. The number of benzene rings is 3. The van der Waals surface area contributed by atoms with Gasteiger partial charge in [0.05, 0.1) is 6.04 Å². The fourth-order valence-corrected chi connectivity index (χ4v) is 7.00. The number of rotatable bonds is 6. The molecule has 5 nitrogen and oxygen atoms in total. The number of urea groups is 1. The minimum absolute atomic E-state index is 0.199. The molecule has 6 heteroatoms. The number of carbonyl (C=O) groups is 1. The summed E-state index contributed by atoms with van der Waals surface area (Å²) in [6.07, 6.45) is 7.27. The smallest absolute Gasteiger partial charge is 0.299 e.